The quantitative estimate of drug-likeness (QED) is 0.493. The van der Waals surface area contributed by atoms with Crippen LogP contribution >= 0.6 is 11.8 Å². The molecule has 2 aliphatic rings. The summed E-state index contributed by atoms with van der Waals surface area (Å²) in [6.45, 7) is 0. The number of nitrogens with one attached hydrogen (secondary N) is 2. The highest BCUT2D eigenvalue weighted by Gasteiger charge is 2.37. The van der Waals surface area contributed by atoms with Crippen LogP contribution in [-0.4, -0.2) is 20.7 Å². The van der Waals surface area contributed by atoms with E-state index in [4.69, 9.17) is 4.98 Å². The van der Waals surface area contributed by atoms with Crippen LogP contribution in [-0.2, 0) is 10.5 Å². The van der Waals surface area contributed by atoms with Gasteiger partial charge in [-0.2, -0.15) is 0 Å². The number of aromatic amines is 1. The molecule has 30 heavy (non-hydrogen) atoms. The summed E-state index contributed by atoms with van der Waals surface area (Å²) in [6, 6.07) is 13.8. The van der Waals surface area contributed by atoms with E-state index in [1.807, 2.05) is 42.5 Å². The summed E-state index contributed by atoms with van der Waals surface area (Å²) in [5.74, 6) is 0.894. The van der Waals surface area contributed by atoms with Crippen LogP contribution in [0.5, 0.6) is 0 Å². The van der Waals surface area contributed by atoms with Crippen molar-refractivity contribution in [3.63, 3.8) is 0 Å². The average Bonchev–Trinajstić information content (AvgIpc) is 2.78. The van der Waals surface area contributed by atoms with Crippen molar-refractivity contribution in [2.75, 3.05) is 5.32 Å². The molecular weight excluding hydrogens is 396 g/mol. The molecule has 0 unspecified atom stereocenters. The summed E-state index contributed by atoms with van der Waals surface area (Å²) in [4.78, 5) is 37.8. The average molecular weight is 417 g/mol. The molecule has 0 amide bonds. The van der Waals surface area contributed by atoms with Gasteiger partial charge in [0.1, 0.15) is 5.82 Å². The number of benzene rings is 1. The molecule has 6 nitrogen and oxygen atoms in total. The number of pyridine rings is 1. The maximum Gasteiger partial charge on any atom is 0.257 e. The molecule has 1 aliphatic heterocycles. The molecule has 0 radical (unpaired) electrons. The first-order valence-electron chi connectivity index (χ1n) is 9.95. The highest BCUT2D eigenvalue weighted by molar-refractivity contribution is 7.98. The Kier molecular flexibility index (Phi) is 4.96. The van der Waals surface area contributed by atoms with E-state index < -0.39 is 5.92 Å². The van der Waals surface area contributed by atoms with Crippen LogP contribution in [0.2, 0.25) is 0 Å². The lowest BCUT2D eigenvalue weighted by atomic mass is 9.77. The third kappa shape index (κ3) is 3.45. The Morgan fingerprint density at radius 2 is 1.93 bits per heavy atom. The fourth-order valence-corrected chi connectivity index (χ4v) is 4.93. The second-order valence-electron chi connectivity index (χ2n) is 7.42. The van der Waals surface area contributed by atoms with Crippen LogP contribution in [0.15, 0.2) is 76.1 Å². The second kappa shape index (κ2) is 7.91. The van der Waals surface area contributed by atoms with Gasteiger partial charge in [-0.15, -0.1) is 0 Å². The van der Waals surface area contributed by atoms with Crippen LogP contribution in [0.1, 0.15) is 41.9 Å². The molecular formula is C23H20N4O2S. The summed E-state index contributed by atoms with van der Waals surface area (Å²) in [5.41, 5.74) is 3.82. The molecule has 2 aromatic heterocycles. The molecule has 1 aromatic carbocycles. The van der Waals surface area contributed by atoms with Gasteiger partial charge in [0.2, 0.25) is 0 Å². The van der Waals surface area contributed by atoms with Gasteiger partial charge in [-0.05, 0) is 30.0 Å². The number of nitrogens with zero attached hydrogens (tertiary/aromatic N) is 2. The van der Waals surface area contributed by atoms with Gasteiger partial charge in [0.05, 0.1) is 5.56 Å². The summed E-state index contributed by atoms with van der Waals surface area (Å²) in [7, 11) is 0. The lowest BCUT2D eigenvalue weighted by Gasteiger charge is -2.32. The largest absolute Gasteiger partial charge is 0.343 e. The molecule has 0 saturated heterocycles. The van der Waals surface area contributed by atoms with Crippen molar-refractivity contribution in [1.82, 2.24) is 15.0 Å². The fourth-order valence-electron chi connectivity index (χ4n) is 4.11. The first kappa shape index (κ1) is 18.8. The Labute approximate surface area is 177 Å². The lowest BCUT2D eigenvalue weighted by Crippen LogP contribution is -2.32. The fraction of sp³-hybridized carbons (Fsp3) is 0.217. The summed E-state index contributed by atoms with van der Waals surface area (Å²) < 4.78 is 0. The minimum Gasteiger partial charge on any atom is -0.343 e. The zero-order valence-corrected chi connectivity index (χ0v) is 17.0. The third-order valence-electron chi connectivity index (χ3n) is 5.47. The van der Waals surface area contributed by atoms with E-state index in [9.17, 15) is 9.59 Å². The number of carbonyl (C=O) groups is 1. The molecule has 3 aromatic rings. The maximum atomic E-state index is 13.2. The van der Waals surface area contributed by atoms with E-state index in [1.54, 1.807) is 12.4 Å². The Hall–Kier alpha value is -3.19. The van der Waals surface area contributed by atoms with Gasteiger partial charge in [0, 0.05) is 41.8 Å². The van der Waals surface area contributed by atoms with E-state index in [1.165, 1.54) is 11.8 Å². The predicted octanol–water partition coefficient (Wildman–Crippen LogP) is 4.02. The summed E-state index contributed by atoms with van der Waals surface area (Å²) in [6.07, 6.45) is 5.50. The number of anilines is 1. The monoisotopic (exact) mass is 416 g/mol. The molecule has 0 fully saturated rings. The number of aromatic nitrogens is 3. The van der Waals surface area contributed by atoms with Crippen molar-refractivity contribution in [3.05, 3.63) is 93.2 Å². The van der Waals surface area contributed by atoms with Crippen LogP contribution in [0, 0.1) is 0 Å². The van der Waals surface area contributed by atoms with Crippen molar-refractivity contribution in [2.24, 2.45) is 0 Å². The summed E-state index contributed by atoms with van der Waals surface area (Å²) >= 11 is 1.49. The number of ketones is 1. The molecule has 0 spiro atoms. The van der Waals surface area contributed by atoms with E-state index in [0.717, 1.165) is 29.7 Å². The lowest BCUT2D eigenvalue weighted by molar-refractivity contribution is -0.116. The zero-order chi connectivity index (χ0) is 20.5. The number of hydrogen-bond donors (Lipinski definition) is 2. The van der Waals surface area contributed by atoms with Crippen molar-refractivity contribution < 1.29 is 4.79 Å². The number of carbonyl (C=O) groups excluding carboxylic acids is 1. The number of allylic oxidation sites excluding steroid dienone is 2. The predicted molar refractivity (Wildman–Crippen MR) is 116 cm³/mol. The minimum atomic E-state index is -0.442. The van der Waals surface area contributed by atoms with Gasteiger partial charge in [0.25, 0.3) is 5.56 Å². The Morgan fingerprint density at radius 1 is 1.07 bits per heavy atom. The Morgan fingerprint density at radius 3 is 2.73 bits per heavy atom. The third-order valence-corrected chi connectivity index (χ3v) is 6.42. The van der Waals surface area contributed by atoms with E-state index >= 15 is 0 Å². The Bertz CT molecular complexity index is 1190. The smallest absolute Gasteiger partial charge is 0.257 e. The molecule has 0 bridgehead atoms. The minimum absolute atomic E-state index is 0.0881. The van der Waals surface area contributed by atoms with Gasteiger partial charge >= 0.3 is 0 Å². The van der Waals surface area contributed by atoms with E-state index in [0.29, 0.717) is 34.3 Å². The molecule has 0 saturated carbocycles. The van der Waals surface area contributed by atoms with Gasteiger partial charge in [0.15, 0.2) is 10.9 Å². The summed E-state index contributed by atoms with van der Waals surface area (Å²) in [5, 5.41) is 3.86. The van der Waals surface area contributed by atoms with Gasteiger partial charge < -0.3 is 10.3 Å². The van der Waals surface area contributed by atoms with Crippen LogP contribution in [0.3, 0.4) is 0 Å². The number of hydrogen-bond acceptors (Lipinski definition) is 6. The molecule has 5 rings (SSSR count). The van der Waals surface area contributed by atoms with Crippen LogP contribution in [0.4, 0.5) is 5.82 Å². The first-order chi connectivity index (χ1) is 14.7. The normalized spacial score (nSPS) is 17.9. The van der Waals surface area contributed by atoms with Gasteiger partial charge in [-0.1, -0.05) is 48.2 Å². The standard InChI is InChI=1S/C23H20N4O2S/c28-17-10-4-9-16-19(17)18(15-8-5-11-24-12-15)20-21(25-16)26-23(27-22(20)29)30-13-14-6-2-1-3-7-14/h1-3,5-8,11-12,18H,4,9-10,13H2,(H2,25,26,27,29)/t18-/m0/s1. The molecule has 7 heteroatoms. The second-order valence-corrected chi connectivity index (χ2v) is 8.39. The zero-order valence-electron chi connectivity index (χ0n) is 16.2. The van der Waals surface area contributed by atoms with Crippen molar-refractivity contribution in [2.45, 2.75) is 36.1 Å². The molecule has 2 N–H and O–H groups in total. The first-order valence-corrected chi connectivity index (χ1v) is 10.9. The maximum absolute atomic E-state index is 13.2. The molecule has 3 heterocycles. The number of fused-ring (bicyclic) bond motifs is 1. The topological polar surface area (TPSA) is 87.7 Å². The van der Waals surface area contributed by atoms with Gasteiger partial charge in [-0.25, -0.2) is 4.98 Å². The van der Waals surface area contributed by atoms with Crippen molar-refractivity contribution >= 4 is 23.4 Å². The Balaban J connectivity index is 1.57. The number of H-pyrrole nitrogens is 1. The number of rotatable bonds is 4. The molecule has 150 valence electrons. The van der Waals surface area contributed by atoms with Crippen molar-refractivity contribution in [3.8, 4) is 0 Å². The van der Waals surface area contributed by atoms with Crippen LogP contribution in [0.25, 0.3) is 0 Å². The van der Waals surface area contributed by atoms with E-state index in [2.05, 4.69) is 15.3 Å². The highest BCUT2D eigenvalue weighted by atomic mass is 32.2. The highest BCUT2D eigenvalue weighted by Crippen LogP contribution is 2.43. The number of thioether (sulfide) groups is 1. The van der Waals surface area contributed by atoms with E-state index in [-0.39, 0.29) is 11.3 Å². The number of Topliss-reactive ketones (excluding diaryl/α,β-unsaturated/α-hetero) is 1. The molecule has 1 atom stereocenters. The van der Waals surface area contributed by atoms with Gasteiger partial charge in [-0.3, -0.25) is 14.6 Å². The van der Waals surface area contributed by atoms with Crippen LogP contribution < -0.4 is 10.9 Å². The molecule has 1 aliphatic carbocycles. The van der Waals surface area contributed by atoms with Crippen molar-refractivity contribution in [1.29, 1.82) is 0 Å². The SMILES string of the molecule is O=C1CCCC2=C1[C@H](c1cccnc1)c1c(nc(SCc3ccccc3)[nH]c1=O)N2.